The number of benzene rings is 1. The van der Waals surface area contributed by atoms with E-state index in [1.165, 1.54) is 0 Å². The minimum absolute atomic E-state index is 0.0158. The Labute approximate surface area is 324 Å². The number of fused-ring (bicyclic) bond motifs is 1. The Kier molecular flexibility index (Phi) is 13.4. The average Bonchev–Trinajstić information content (AvgIpc) is 3.74. The van der Waals surface area contributed by atoms with Crippen molar-refractivity contribution in [1.82, 2.24) is 35.2 Å². The summed E-state index contributed by atoms with van der Waals surface area (Å²) in [6, 6.07) is 9.92. The Balaban J connectivity index is 1.54. The number of nitrogens with one attached hydrogen (secondary N) is 2. The van der Waals surface area contributed by atoms with Crippen LogP contribution in [0.25, 0.3) is 33.4 Å². The van der Waals surface area contributed by atoms with Crippen LogP contribution in [0, 0.1) is 11.3 Å². The molecule has 12 heteroatoms. The molecule has 11 nitrogen and oxygen atoms in total. The molecule has 5 rings (SSSR count). The smallest absolute Gasteiger partial charge is 0.293 e. The summed E-state index contributed by atoms with van der Waals surface area (Å²) in [6.45, 7) is 21.1. The summed E-state index contributed by atoms with van der Waals surface area (Å²) in [5.74, 6) is 0.232. The van der Waals surface area contributed by atoms with Gasteiger partial charge >= 0.3 is 0 Å². The number of hydrogen-bond donors (Lipinski definition) is 2. The number of hydrazine groups is 1. The normalized spacial score (nSPS) is 15.2. The van der Waals surface area contributed by atoms with E-state index in [-0.39, 0.29) is 36.0 Å². The second-order valence-electron chi connectivity index (χ2n) is 15.4. The molecule has 0 spiro atoms. The molecule has 1 amide bonds. The van der Waals surface area contributed by atoms with E-state index in [0.717, 1.165) is 74.8 Å². The Hall–Kier alpha value is -4.52. The van der Waals surface area contributed by atoms with Gasteiger partial charge < -0.3 is 24.3 Å². The van der Waals surface area contributed by atoms with Gasteiger partial charge in [-0.1, -0.05) is 46.9 Å². The molecular weight excluding hydrogens is 699 g/mol. The molecule has 0 aliphatic carbocycles. The Morgan fingerprint density at radius 3 is 2.67 bits per heavy atom. The lowest BCUT2D eigenvalue weighted by molar-refractivity contribution is -0.137. The predicted octanol–water partition coefficient (Wildman–Crippen LogP) is 7.05. The van der Waals surface area contributed by atoms with Crippen LogP contribution in [-0.2, 0) is 39.0 Å². The summed E-state index contributed by atoms with van der Waals surface area (Å²) in [5, 5.41) is 9.28. The van der Waals surface area contributed by atoms with E-state index in [4.69, 9.17) is 19.4 Å². The van der Waals surface area contributed by atoms with Crippen molar-refractivity contribution in [2.75, 3.05) is 33.9 Å². The second-order valence-corrected chi connectivity index (χ2v) is 16.3. The van der Waals surface area contributed by atoms with Crippen LogP contribution in [0.2, 0.25) is 0 Å². The average molecular weight is 756 g/mol. The molecule has 4 aromatic rings. The van der Waals surface area contributed by atoms with E-state index < -0.39 is 6.04 Å². The van der Waals surface area contributed by atoms with Crippen LogP contribution in [0.5, 0.6) is 0 Å². The first-order valence-electron chi connectivity index (χ1n) is 18.7. The van der Waals surface area contributed by atoms with Crippen LogP contribution >= 0.6 is 11.3 Å². The van der Waals surface area contributed by atoms with Crippen LogP contribution in [-0.4, -0.2) is 82.8 Å². The summed E-state index contributed by atoms with van der Waals surface area (Å²) in [4.78, 5) is 37.1. The lowest BCUT2D eigenvalue weighted by atomic mass is 9.84. The lowest BCUT2D eigenvalue weighted by Gasteiger charge is -2.36. The first-order chi connectivity index (χ1) is 25.8. The molecule has 54 heavy (non-hydrogen) atoms. The maximum atomic E-state index is 14.0. The minimum Gasteiger partial charge on any atom is -0.467 e. The molecule has 1 aliphatic rings. The second kappa shape index (κ2) is 17.7. The zero-order valence-electron chi connectivity index (χ0n) is 33.1. The van der Waals surface area contributed by atoms with E-state index in [9.17, 15) is 9.59 Å². The highest BCUT2D eigenvalue weighted by Gasteiger charge is 2.31. The number of carbonyl (C=O) groups excluding carboxylic acids is 2. The molecule has 3 aromatic heterocycles. The maximum Gasteiger partial charge on any atom is 0.293 e. The molecule has 1 fully saturated rings. The minimum atomic E-state index is -0.550. The number of thiazole rings is 1. The molecule has 290 valence electrons. The van der Waals surface area contributed by atoms with Crippen LogP contribution in [0.3, 0.4) is 0 Å². The van der Waals surface area contributed by atoms with Crippen molar-refractivity contribution in [3.8, 4) is 22.5 Å². The van der Waals surface area contributed by atoms with E-state index in [1.807, 2.05) is 24.9 Å². The van der Waals surface area contributed by atoms with Gasteiger partial charge in [0.25, 0.3) is 12.4 Å². The van der Waals surface area contributed by atoms with Gasteiger partial charge in [-0.3, -0.25) is 19.6 Å². The highest BCUT2D eigenvalue weighted by atomic mass is 32.1. The SMILES string of the molecule is C=CN(C)C(C(=C)NC(Cc1nc(-c2ccc3c(c2)c(CC(C)(C)COC=O)c(-c2cccnc2C(C)OC)n3C)cs1)C(=O)N1CCCCN1)C(C)C. The van der Waals surface area contributed by atoms with Gasteiger partial charge in [0.15, 0.2) is 0 Å². The van der Waals surface area contributed by atoms with Gasteiger partial charge in [0.05, 0.1) is 40.8 Å². The molecule has 1 aromatic carbocycles. The van der Waals surface area contributed by atoms with Crippen molar-refractivity contribution < 1.29 is 19.1 Å². The zero-order valence-corrected chi connectivity index (χ0v) is 34.0. The van der Waals surface area contributed by atoms with Crippen LogP contribution < -0.4 is 10.7 Å². The summed E-state index contributed by atoms with van der Waals surface area (Å²) in [6.07, 6.45) is 6.44. The molecule has 1 aliphatic heterocycles. The third-order valence-corrected chi connectivity index (χ3v) is 11.2. The quantitative estimate of drug-likeness (QED) is 0.103. The fourth-order valence-electron chi connectivity index (χ4n) is 7.56. The van der Waals surface area contributed by atoms with Crippen molar-refractivity contribution in [3.63, 3.8) is 0 Å². The van der Waals surface area contributed by atoms with E-state index in [0.29, 0.717) is 25.9 Å². The van der Waals surface area contributed by atoms with Gasteiger partial charge in [-0.25, -0.2) is 10.4 Å². The van der Waals surface area contributed by atoms with Crippen LogP contribution in [0.1, 0.15) is 69.8 Å². The van der Waals surface area contributed by atoms with Crippen molar-refractivity contribution in [1.29, 1.82) is 0 Å². The van der Waals surface area contributed by atoms with Gasteiger partial charge in [0.2, 0.25) is 0 Å². The first kappa shape index (κ1) is 40.7. The summed E-state index contributed by atoms with van der Waals surface area (Å²) in [7, 11) is 5.75. The molecular formula is C42H57N7O4S. The maximum absolute atomic E-state index is 14.0. The number of ether oxygens (including phenoxy) is 2. The fraction of sp³-hybridized carbons (Fsp3) is 0.476. The van der Waals surface area contributed by atoms with Crippen LogP contribution in [0.15, 0.2) is 67.0 Å². The first-order valence-corrected chi connectivity index (χ1v) is 19.6. The van der Waals surface area contributed by atoms with Crippen molar-refractivity contribution in [3.05, 3.63) is 83.2 Å². The van der Waals surface area contributed by atoms with Gasteiger partial charge in [0.1, 0.15) is 6.04 Å². The Morgan fingerprint density at radius 2 is 2.00 bits per heavy atom. The monoisotopic (exact) mass is 755 g/mol. The standard InChI is InChI=1S/C42H57N7O4S/c1-11-47(8)39(27(2)3)28(4)45-34(41(51)49-20-13-12-19-44-49)22-37-46-35(24-54-37)30-16-17-36-32(21-30)33(23-42(6,7)25-53-26-50)40(48(36)9)31-15-14-18-43-38(31)29(5)52-10/h11,14-18,21,24,26-27,29,34,39,44-45H,1,4,12-13,19-20,22-23,25H2,2-3,5-10H3. The van der Waals surface area contributed by atoms with Gasteiger partial charge in [0, 0.05) is 85.4 Å². The number of nitrogens with zero attached hydrogens (tertiary/aromatic N) is 5. The fourth-order valence-corrected chi connectivity index (χ4v) is 8.41. The zero-order chi connectivity index (χ0) is 39.2. The summed E-state index contributed by atoms with van der Waals surface area (Å²) in [5.41, 5.74) is 10.6. The molecule has 0 bridgehead atoms. The molecule has 2 N–H and O–H groups in total. The van der Waals surface area contributed by atoms with Gasteiger partial charge in [-0.05, 0) is 68.1 Å². The molecule has 0 radical (unpaired) electrons. The highest BCUT2D eigenvalue weighted by molar-refractivity contribution is 7.10. The highest BCUT2D eigenvalue weighted by Crippen LogP contribution is 2.41. The molecule has 0 saturated carbocycles. The molecule has 1 saturated heterocycles. The van der Waals surface area contributed by atoms with Gasteiger partial charge in [-0.2, -0.15) is 0 Å². The van der Waals surface area contributed by atoms with E-state index in [2.05, 4.69) is 92.9 Å². The Morgan fingerprint density at radius 1 is 1.22 bits per heavy atom. The lowest BCUT2D eigenvalue weighted by Crippen LogP contribution is -2.56. The van der Waals surface area contributed by atoms with Crippen LogP contribution in [0.4, 0.5) is 0 Å². The largest absolute Gasteiger partial charge is 0.467 e. The predicted molar refractivity (Wildman–Crippen MR) is 217 cm³/mol. The number of aromatic nitrogens is 3. The number of pyridine rings is 1. The number of likely N-dealkylation sites (N-methyl/N-ethyl adjacent to an activating group) is 1. The summed E-state index contributed by atoms with van der Waals surface area (Å²) < 4.78 is 13.2. The number of aryl methyl sites for hydroxylation is 1. The number of amides is 1. The number of carbonyl (C=O) groups is 2. The Bertz CT molecular complexity index is 1940. The van der Waals surface area contributed by atoms with Crippen molar-refractivity contribution >= 4 is 34.6 Å². The number of methoxy groups -OCH3 is 1. The van der Waals surface area contributed by atoms with E-state index in [1.54, 1.807) is 35.9 Å². The molecule has 3 atom stereocenters. The third-order valence-electron chi connectivity index (χ3n) is 10.3. The van der Waals surface area contributed by atoms with E-state index >= 15 is 0 Å². The van der Waals surface area contributed by atoms with Crippen molar-refractivity contribution in [2.45, 2.75) is 78.5 Å². The molecule has 4 heterocycles. The topological polar surface area (TPSA) is 114 Å². The summed E-state index contributed by atoms with van der Waals surface area (Å²) >= 11 is 1.56. The molecule has 3 unspecified atom stereocenters. The van der Waals surface area contributed by atoms with Crippen molar-refractivity contribution in [2.24, 2.45) is 18.4 Å². The van der Waals surface area contributed by atoms with Gasteiger partial charge in [-0.15, -0.1) is 11.3 Å². The number of rotatable bonds is 18. The number of hydrogen-bond acceptors (Lipinski definition) is 10. The third kappa shape index (κ3) is 9.05.